The maximum atomic E-state index is 15.7. The Kier molecular flexibility index (Phi) is 14.5. The average molecular weight is 1180 g/mol. The Morgan fingerprint density at radius 3 is 1.79 bits per heavy atom. The van der Waals surface area contributed by atoms with E-state index in [1.54, 1.807) is 0 Å². The van der Waals surface area contributed by atoms with Gasteiger partial charge in [0.2, 0.25) is 41.2 Å². The molecule has 17 bridgehead atoms. The number of halogens is 2. The number of fused-ring (bicyclic) bond motifs is 14. The molecule has 0 unspecified atom stereocenters. The minimum Gasteiger partial charge on any atom is -0.508 e. The lowest BCUT2D eigenvalue weighted by Gasteiger charge is -2.31. The molecule has 6 aliphatic heterocycles. The van der Waals surface area contributed by atoms with Gasteiger partial charge < -0.3 is 87.6 Å². The van der Waals surface area contributed by atoms with Gasteiger partial charge in [-0.25, -0.2) is 4.79 Å². The van der Waals surface area contributed by atoms with Gasteiger partial charge in [-0.15, -0.1) is 0 Å². The molecule has 26 heteroatoms. The molecule has 0 radical (unpaired) electrons. The first-order chi connectivity index (χ1) is 40.1. The van der Waals surface area contributed by atoms with E-state index in [1.807, 2.05) is 0 Å². The largest absolute Gasteiger partial charge is 0.508 e. The highest BCUT2D eigenvalue weighted by Gasteiger charge is 2.41. The quantitative estimate of drug-likeness (QED) is 0.0994. The van der Waals surface area contributed by atoms with Crippen LogP contribution in [0.25, 0.3) is 11.1 Å². The van der Waals surface area contributed by atoms with E-state index in [4.69, 9.17) is 43.1 Å². The van der Waals surface area contributed by atoms with Crippen LogP contribution in [0.3, 0.4) is 0 Å². The van der Waals surface area contributed by atoms with Crippen LogP contribution < -0.4 is 51.8 Å². The molecule has 428 valence electrons. The van der Waals surface area contributed by atoms with Gasteiger partial charge in [-0.3, -0.25) is 28.8 Å². The van der Waals surface area contributed by atoms with E-state index in [0.717, 1.165) is 48.5 Å². The number of aliphatic hydroxyl groups excluding tert-OH is 1. The Balaban J connectivity index is 1.14. The molecule has 0 saturated heterocycles. The summed E-state index contributed by atoms with van der Waals surface area (Å²) in [6.45, 7) is 0. The Morgan fingerprint density at radius 1 is 0.512 bits per heavy atom. The molecule has 15 N–H and O–H groups in total. The summed E-state index contributed by atoms with van der Waals surface area (Å²) in [7, 11) is 0. The minimum absolute atomic E-state index is 0.00289. The normalized spacial score (nSPS) is 22.1. The topological polar surface area (TPSA) is 387 Å². The lowest BCUT2D eigenvalue weighted by Crippen LogP contribution is -2.55. The summed E-state index contributed by atoms with van der Waals surface area (Å²) in [5, 5.41) is 93.9. The summed E-state index contributed by atoms with van der Waals surface area (Å²) >= 11 is 13.7. The molecule has 7 aromatic carbocycles. The molecule has 0 aliphatic carbocycles. The zero-order chi connectivity index (χ0) is 59.6. The Morgan fingerprint density at radius 2 is 1.11 bits per heavy atom. The molecule has 0 spiro atoms. The number of phenolic OH excluding ortho intramolecular Hbond substituents is 5. The third-order valence-corrected chi connectivity index (χ3v) is 15.0. The zero-order valence-corrected chi connectivity index (χ0v) is 44.4. The van der Waals surface area contributed by atoms with Gasteiger partial charge in [-0.05, 0) is 112 Å². The number of rotatable bonds is 1. The number of carbonyl (C=O) groups is 7. The number of carboxylic acid groups (broad SMARTS) is 1. The molecular formula is C58H45Cl2N7O17. The summed E-state index contributed by atoms with van der Waals surface area (Å²) < 4.78 is 18.5. The molecule has 0 saturated carbocycles. The summed E-state index contributed by atoms with van der Waals surface area (Å²) in [5.74, 6) is -13.4. The summed E-state index contributed by atoms with van der Waals surface area (Å²) in [4.78, 5) is 103. The van der Waals surface area contributed by atoms with Gasteiger partial charge in [0.1, 0.15) is 76.9 Å². The number of carboxylic acids is 1. The third-order valence-electron chi connectivity index (χ3n) is 14.4. The second-order valence-electron chi connectivity index (χ2n) is 19.9. The number of hydrogen-bond acceptors (Lipinski definition) is 17. The summed E-state index contributed by atoms with van der Waals surface area (Å²) in [6, 6.07) is 11.4. The van der Waals surface area contributed by atoms with Crippen molar-refractivity contribution in [2.45, 2.75) is 54.8 Å². The van der Waals surface area contributed by atoms with Gasteiger partial charge in [0.25, 0.3) is 0 Å². The van der Waals surface area contributed by atoms with E-state index in [2.05, 4.69) is 31.9 Å². The maximum absolute atomic E-state index is 15.7. The second kappa shape index (κ2) is 21.9. The number of carbonyl (C=O) groups excluding carboxylic acids is 6. The van der Waals surface area contributed by atoms with Crippen molar-refractivity contribution in [3.63, 3.8) is 0 Å². The molecule has 0 fully saturated rings. The maximum Gasteiger partial charge on any atom is 0.330 e. The van der Waals surface area contributed by atoms with Crippen molar-refractivity contribution in [2.24, 2.45) is 5.73 Å². The number of aromatic hydroxyl groups is 5. The number of nitrogens with two attached hydrogens (primary N) is 1. The molecular weight excluding hydrogens is 1140 g/mol. The number of ether oxygens (including phenoxy) is 3. The first-order valence-electron chi connectivity index (χ1n) is 25.4. The first-order valence-corrected chi connectivity index (χ1v) is 26.1. The van der Waals surface area contributed by atoms with E-state index in [-0.39, 0.29) is 78.6 Å². The summed E-state index contributed by atoms with van der Waals surface area (Å²) in [5.41, 5.74) is 4.90. The van der Waals surface area contributed by atoms with Crippen molar-refractivity contribution in [3.05, 3.63) is 170 Å². The predicted molar refractivity (Wildman–Crippen MR) is 293 cm³/mol. The molecule has 84 heavy (non-hydrogen) atoms. The minimum atomic E-state index is -2.17. The Hall–Kier alpha value is -10.3. The van der Waals surface area contributed by atoms with Crippen LogP contribution in [0.1, 0.15) is 75.3 Å². The predicted octanol–water partition coefficient (Wildman–Crippen LogP) is 5.28. The van der Waals surface area contributed by atoms with Gasteiger partial charge in [-0.2, -0.15) is 0 Å². The van der Waals surface area contributed by atoms with Crippen molar-refractivity contribution in [2.75, 3.05) is 0 Å². The number of phenols is 5. The van der Waals surface area contributed by atoms with Crippen LogP contribution >= 0.6 is 23.2 Å². The van der Waals surface area contributed by atoms with E-state index in [9.17, 15) is 54.9 Å². The number of aliphatic hydroxyl groups is 1. The van der Waals surface area contributed by atoms with Crippen molar-refractivity contribution in [1.29, 1.82) is 0 Å². The number of aliphatic carboxylic acids is 1. The van der Waals surface area contributed by atoms with E-state index in [0.29, 0.717) is 5.56 Å². The number of benzene rings is 7. The van der Waals surface area contributed by atoms with Crippen LogP contribution in [0.5, 0.6) is 63.2 Å². The molecule has 7 aromatic rings. The van der Waals surface area contributed by atoms with Crippen LogP contribution in [-0.4, -0.2) is 89.2 Å². The first kappa shape index (κ1) is 55.6. The Labute approximate surface area is 483 Å². The molecule has 0 aromatic heterocycles. The fourth-order valence-electron chi connectivity index (χ4n) is 10.2. The molecule has 24 nitrogen and oxygen atoms in total. The highest BCUT2D eigenvalue weighted by molar-refractivity contribution is 6.32. The van der Waals surface area contributed by atoms with Crippen LogP contribution in [0.15, 0.2) is 121 Å². The van der Waals surface area contributed by atoms with Gasteiger partial charge in [0.15, 0.2) is 29.0 Å². The van der Waals surface area contributed by atoms with E-state index < -0.39 is 135 Å². The summed E-state index contributed by atoms with van der Waals surface area (Å²) in [6.07, 6.45) is -2.40. The number of nitrogens with one attached hydrogen (secondary N) is 6. The molecule has 6 heterocycles. The van der Waals surface area contributed by atoms with Gasteiger partial charge in [0, 0.05) is 29.2 Å². The van der Waals surface area contributed by atoms with Gasteiger partial charge >= 0.3 is 5.97 Å². The molecule has 13 rings (SSSR count). The smallest absolute Gasteiger partial charge is 0.330 e. The van der Waals surface area contributed by atoms with Crippen LogP contribution in [0.4, 0.5) is 0 Å². The van der Waals surface area contributed by atoms with E-state index in [1.165, 1.54) is 72.8 Å². The number of amides is 6. The van der Waals surface area contributed by atoms with Crippen molar-refractivity contribution < 1.29 is 83.5 Å². The highest BCUT2D eigenvalue weighted by atomic mass is 35.5. The van der Waals surface area contributed by atoms with E-state index >= 15 is 14.4 Å². The second-order valence-corrected chi connectivity index (χ2v) is 20.7. The number of hydrogen-bond donors (Lipinski definition) is 14. The fourth-order valence-corrected chi connectivity index (χ4v) is 10.6. The average Bonchev–Trinajstić information content (AvgIpc) is 2.71. The Bertz CT molecular complexity index is 3980. The van der Waals surface area contributed by atoms with Crippen molar-refractivity contribution >= 4 is 64.6 Å². The lowest BCUT2D eigenvalue weighted by molar-refractivity contribution is -0.143. The van der Waals surface area contributed by atoms with Gasteiger partial charge in [0.05, 0.1) is 10.0 Å². The lowest BCUT2D eigenvalue weighted by atomic mass is 9.89. The highest BCUT2D eigenvalue weighted by Crippen LogP contribution is 2.48. The van der Waals surface area contributed by atoms with Crippen molar-refractivity contribution in [3.8, 4) is 74.4 Å². The monoisotopic (exact) mass is 1180 g/mol. The van der Waals surface area contributed by atoms with Gasteiger partial charge in [-0.1, -0.05) is 59.6 Å². The zero-order valence-electron chi connectivity index (χ0n) is 42.9. The van der Waals surface area contributed by atoms with Crippen LogP contribution in [0, 0.1) is 0 Å². The molecule has 8 atom stereocenters. The molecule has 6 aliphatic rings. The van der Waals surface area contributed by atoms with Crippen LogP contribution in [-0.2, 0) is 40.0 Å². The van der Waals surface area contributed by atoms with Crippen molar-refractivity contribution in [1.82, 2.24) is 31.9 Å². The molecule has 6 amide bonds. The fraction of sp³-hybridized carbons (Fsp3) is 0.155. The SMILES string of the molecule is N[C@H]1C(=O)N[C@@H]2Cc3ccc(c(Cl)c3)Oc3cc4cc(c3O)Oc3ccc(cc3Cl)[C@@H](O)[C@@H]3NC(=O)[C@H](NC(=O)[C@@H]4NC(=O)[C@@H](NC2=O)c2cccc(c2)Oc2cc1ccc2O)c1ccc(O)c(c1)-c1c(O)cc(O)cc1[C@@H](C(=O)O)NC3=O. The third kappa shape index (κ3) is 10.6. The van der Waals surface area contributed by atoms with Crippen LogP contribution in [0.2, 0.25) is 10.0 Å². The standard InChI is InChI=1S/C58H45Cl2N7O17/c59-32-12-22-4-10-38(32)83-41-18-27-19-42(51(41)73)84-39-11-7-26(16-33(39)60)50(72)49-57(79)66-48(58(80)81)31-20-28(68)21-37(71)43(31)30-15-25(6-8-35(30)69)46(55(77)67-49)64-56(78)47(27)65-54(76)45-24-2-1-3-29(14-24)82-40-17-23(5-9-36(40)70)44(61)53(75)62-34(13-22)52(74)63-45/h1-12,14-21,34,44-50,68-73H,13,61H2,(H,62,75)(H,63,74)(H,64,78)(H,65,76)(H,66,79)(H,67,77)(H,80,81)/t34-,44-,45+,46-,47-,48+,49+,50-/m1/s1.